The minimum atomic E-state index is 0.797. The van der Waals surface area contributed by atoms with Crippen molar-refractivity contribution in [1.82, 2.24) is 0 Å². The molecule has 1 N–H and O–H groups in total. The van der Waals surface area contributed by atoms with E-state index < -0.39 is 0 Å². The summed E-state index contributed by atoms with van der Waals surface area (Å²) < 4.78 is 0.797. The first-order chi connectivity index (χ1) is 7.29. The molecule has 0 aliphatic rings. The average molecular weight is 233 g/mol. The van der Waals surface area contributed by atoms with Gasteiger partial charge in [0.1, 0.15) is 4.32 Å². The Kier molecular flexibility index (Phi) is 3.23. The minimum Gasteiger partial charge on any atom is -0.341 e. The highest BCUT2D eigenvalue weighted by molar-refractivity contribution is 8.22. The van der Waals surface area contributed by atoms with Crippen molar-refractivity contribution in [3.05, 3.63) is 42.5 Å². The fraction of sp³-hybridized carbons (Fsp3) is 0.0833. The third-order valence-electron chi connectivity index (χ3n) is 2.18. The summed E-state index contributed by atoms with van der Waals surface area (Å²) in [5.74, 6) is 0. The normalized spacial score (nSPS) is 10.2. The standard InChI is InChI=1S/C12H11NS2/c1-15-12(14)13-11-7-6-9-4-2-3-5-10(9)8-11/h2-8H,1H3,(H,13,14). The summed E-state index contributed by atoms with van der Waals surface area (Å²) >= 11 is 6.66. The van der Waals surface area contributed by atoms with Gasteiger partial charge in [-0.15, -0.1) is 11.8 Å². The molecule has 0 amide bonds. The van der Waals surface area contributed by atoms with Gasteiger partial charge in [-0.3, -0.25) is 0 Å². The summed E-state index contributed by atoms with van der Waals surface area (Å²) in [5, 5.41) is 5.65. The molecular weight excluding hydrogens is 222 g/mol. The third-order valence-corrected chi connectivity index (χ3v) is 3.26. The first-order valence-corrected chi connectivity index (χ1v) is 6.26. The van der Waals surface area contributed by atoms with Crippen LogP contribution in [0.1, 0.15) is 0 Å². The molecule has 2 aromatic rings. The molecule has 0 fully saturated rings. The van der Waals surface area contributed by atoms with Crippen molar-refractivity contribution in [2.24, 2.45) is 0 Å². The molecule has 76 valence electrons. The van der Waals surface area contributed by atoms with Crippen LogP contribution in [-0.4, -0.2) is 10.6 Å². The first-order valence-electron chi connectivity index (χ1n) is 4.63. The number of rotatable bonds is 1. The van der Waals surface area contributed by atoms with Crippen molar-refractivity contribution < 1.29 is 0 Å². The Hall–Kier alpha value is -1.06. The van der Waals surface area contributed by atoms with E-state index in [1.165, 1.54) is 10.8 Å². The monoisotopic (exact) mass is 233 g/mol. The van der Waals surface area contributed by atoms with Crippen LogP contribution in [-0.2, 0) is 0 Å². The van der Waals surface area contributed by atoms with E-state index >= 15 is 0 Å². The van der Waals surface area contributed by atoms with E-state index in [2.05, 4.69) is 29.6 Å². The lowest BCUT2D eigenvalue weighted by atomic mass is 10.1. The van der Waals surface area contributed by atoms with Crippen LogP contribution in [0.4, 0.5) is 5.69 Å². The molecule has 3 heteroatoms. The zero-order chi connectivity index (χ0) is 10.7. The van der Waals surface area contributed by atoms with Gasteiger partial charge in [-0.1, -0.05) is 42.5 Å². The van der Waals surface area contributed by atoms with E-state index in [1.54, 1.807) is 11.8 Å². The van der Waals surface area contributed by atoms with Crippen LogP contribution in [0.5, 0.6) is 0 Å². The second-order valence-electron chi connectivity index (χ2n) is 3.18. The number of nitrogens with one attached hydrogen (secondary N) is 1. The highest BCUT2D eigenvalue weighted by Crippen LogP contribution is 2.19. The topological polar surface area (TPSA) is 12.0 Å². The van der Waals surface area contributed by atoms with Gasteiger partial charge >= 0.3 is 0 Å². The van der Waals surface area contributed by atoms with Gasteiger partial charge in [0.05, 0.1) is 0 Å². The lowest BCUT2D eigenvalue weighted by Crippen LogP contribution is -2.02. The maximum Gasteiger partial charge on any atom is 0.137 e. The molecule has 2 aromatic carbocycles. The van der Waals surface area contributed by atoms with E-state index in [0.29, 0.717) is 0 Å². The van der Waals surface area contributed by atoms with Crippen LogP contribution >= 0.6 is 24.0 Å². The van der Waals surface area contributed by atoms with Crippen molar-refractivity contribution >= 4 is 44.8 Å². The van der Waals surface area contributed by atoms with E-state index in [0.717, 1.165) is 10.0 Å². The van der Waals surface area contributed by atoms with Crippen LogP contribution < -0.4 is 5.32 Å². The lowest BCUT2D eigenvalue weighted by Gasteiger charge is -2.06. The van der Waals surface area contributed by atoms with Crippen LogP contribution in [0, 0.1) is 0 Å². The Bertz CT molecular complexity index is 494. The average Bonchev–Trinajstić information content (AvgIpc) is 2.29. The number of anilines is 1. The van der Waals surface area contributed by atoms with Crippen molar-refractivity contribution in [2.75, 3.05) is 11.6 Å². The summed E-state index contributed by atoms with van der Waals surface area (Å²) in [6.07, 6.45) is 1.97. The van der Waals surface area contributed by atoms with E-state index in [-0.39, 0.29) is 0 Å². The van der Waals surface area contributed by atoms with Gasteiger partial charge in [-0.05, 0) is 29.2 Å². The Morgan fingerprint density at radius 2 is 1.87 bits per heavy atom. The van der Waals surface area contributed by atoms with Gasteiger partial charge in [0.2, 0.25) is 0 Å². The highest BCUT2D eigenvalue weighted by atomic mass is 32.2. The van der Waals surface area contributed by atoms with Gasteiger partial charge in [-0.2, -0.15) is 0 Å². The number of thioether (sulfide) groups is 1. The third kappa shape index (κ3) is 2.49. The molecule has 0 atom stereocenters. The zero-order valence-corrected chi connectivity index (χ0v) is 9.99. The summed E-state index contributed by atoms with van der Waals surface area (Å²) in [6, 6.07) is 14.5. The quantitative estimate of drug-likeness (QED) is 0.750. The van der Waals surface area contributed by atoms with Crippen LogP contribution in [0.15, 0.2) is 42.5 Å². The summed E-state index contributed by atoms with van der Waals surface area (Å²) in [5.41, 5.74) is 1.05. The molecule has 0 aliphatic heterocycles. The second-order valence-corrected chi connectivity index (χ2v) is 4.66. The van der Waals surface area contributed by atoms with Crippen molar-refractivity contribution in [1.29, 1.82) is 0 Å². The van der Waals surface area contributed by atoms with E-state index in [4.69, 9.17) is 12.2 Å². The smallest absolute Gasteiger partial charge is 0.137 e. The molecule has 2 rings (SSSR count). The van der Waals surface area contributed by atoms with Gasteiger partial charge in [-0.25, -0.2) is 0 Å². The predicted molar refractivity (Wildman–Crippen MR) is 73.7 cm³/mol. The summed E-state index contributed by atoms with van der Waals surface area (Å²) in [6.45, 7) is 0. The maximum atomic E-state index is 5.11. The van der Waals surface area contributed by atoms with E-state index in [1.807, 2.05) is 24.5 Å². The summed E-state index contributed by atoms with van der Waals surface area (Å²) in [7, 11) is 0. The number of thiocarbonyl (C=S) groups is 1. The minimum absolute atomic E-state index is 0.797. The Balaban J connectivity index is 2.34. The van der Waals surface area contributed by atoms with Gasteiger partial charge < -0.3 is 5.32 Å². The molecule has 0 saturated carbocycles. The molecule has 0 saturated heterocycles. The largest absolute Gasteiger partial charge is 0.341 e. The maximum absolute atomic E-state index is 5.11. The van der Waals surface area contributed by atoms with Crippen LogP contribution in [0.25, 0.3) is 10.8 Å². The molecule has 0 radical (unpaired) electrons. The number of hydrogen-bond acceptors (Lipinski definition) is 2. The number of benzene rings is 2. The molecule has 0 aromatic heterocycles. The summed E-state index contributed by atoms with van der Waals surface area (Å²) in [4.78, 5) is 0. The van der Waals surface area contributed by atoms with Crippen LogP contribution in [0.2, 0.25) is 0 Å². The number of hydrogen-bond donors (Lipinski definition) is 1. The molecule has 1 nitrogen and oxygen atoms in total. The fourth-order valence-corrected chi connectivity index (χ4v) is 1.77. The lowest BCUT2D eigenvalue weighted by molar-refractivity contribution is 1.70. The SMILES string of the molecule is CSC(=S)Nc1ccc2ccccc2c1. The molecule has 0 heterocycles. The highest BCUT2D eigenvalue weighted by Gasteiger charge is 1.97. The molecule has 0 spiro atoms. The van der Waals surface area contributed by atoms with E-state index in [9.17, 15) is 0 Å². The Labute approximate surface area is 98.9 Å². The Morgan fingerprint density at radius 3 is 2.60 bits per heavy atom. The van der Waals surface area contributed by atoms with Crippen molar-refractivity contribution in [3.63, 3.8) is 0 Å². The van der Waals surface area contributed by atoms with Gasteiger partial charge in [0, 0.05) is 5.69 Å². The fourth-order valence-electron chi connectivity index (χ4n) is 1.44. The van der Waals surface area contributed by atoms with Gasteiger partial charge in [0.25, 0.3) is 0 Å². The van der Waals surface area contributed by atoms with Crippen molar-refractivity contribution in [2.45, 2.75) is 0 Å². The molecular formula is C12H11NS2. The molecule has 0 bridgehead atoms. The molecule has 15 heavy (non-hydrogen) atoms. The first kappa shape index (κ1) is 10.5. The predicted octanol–water partition coefficient (Wildman–Crippen LogP) is 3.90. The van der Waals surface area contributed by atoms with Gasteiger partial charge in [0.15, 0.2) is 0 Å². The van der Waals surface area contributed by atoms with Crippen molar-refractivity contribution in [3.8, 4) is 0 Å². The second kappa shape index (κ2) is 4.64. The Morgan fingerprint density at radius 1 is 1.13 bits per heavy atom. The molecule has 0 aliphatic carbocycles. The van der Waals surface area contributed by atoms with Crippen LogP contribution in [0.3, 0.4) is 0 Å². The number of fused-ring (bicyclic) bond motifs is 1. The molecule has 0 unspecified atom stereocenters. The zero-order valence-electron chi connectivity index (χ0n) is 8.36.